The summed E-state index contributed by atoms with van der Waals surface area (Å²) < 4.78 is 0. The van der Waals surface area contributed by atoms with Crippen molar-refractivity contribution in [1.82, 2.24) is 9.97 Å². The van der Waals surface area contributed by atoms with Gasteiger partial charge in [-0.05, 0) is 25.1 Å². The van der Waals surface area contributed by atoms with E-state index in [-0.39, 0.29) is 57.1 Å². The summed E-state index contributed by atoms with van der Waals surface area (Å²) in [6, 6.07) is 5.21. The van der Waals surface area contributed by atoms with Crippen LogP contribution in [0, 0.1) is 6.92 Å². The number of fused-ring (bicyclic) bond motifs is 1. The van der Waals surface area contributed by atoms with Crippen molar-refractivity contribution >= 4 is 68.3 Å². The molecule has 1 N–H and O–H groups in total. The van der Waals surface area contributed by atoms with E-state index in [0.717, 1.165) is 5.69 Å². The quantitative estimate of drug-likeness (QED) is 0.739. The van der Waals surface area contributed by atoms with Crippen LogP contribution >= 0.6 is 0 Å². The van der Waals surface area contributed by atoms with Gasteiger partial charge in [-0.1, -0.05) is 0 Å². The van der Waals surface area contributed by atoms with Gasteiger partial charge in [-0.15, -0.1) is 0 Å². The van der Waals surface area contributed by atoms with Crippen LogP contribution < -0.4 is 0 Å². The third kappa shape index (κ3) is 2.62. The maximum atomic E-state index is 10.8. The number of aromatic nitrogens is 2. The van der Waals surface area contributed by atoms with Crippen molar-refractivity contribution in [3.63, 3.8) is 0 Å². The first-order chi connectivity index (χ1) is 6.68. The van der Waals surface area contributed by atoms with Crippen LogP contribution in [0.25, 0.3) is 10.9 Å². The van der Waals surface area contributed by atoms with Crippen molar-refractivity contribution < 1.29 is 9.90 Å². The number of aromatic carboxylic acids is 1. The fraction of sp³-hybridized carbons (Fsp3) is 0.100. The Balaban J connectivity index is 0.00000112. The number of hydrogen-bond donors (Lipinski definition) is 1. The second-order valence-electron chi connectivity index (χ2n) is 2.98. The second-order valence-corrected chi connectivity index (χ2v) is 2.98. The van der Waals surface area contributed by atoms with Crippen LogP contribution in [0.3, 0.4) is 0 Å². The molecule has 0 amide bonds. The van der Waals surface area contributed by atoms with Crippen LogP contribution in [0.15, 0.2) is 24.4 Å². The maximum absolute atomic E-state index is 10.8. The normalized spacial score (nSPS) is 9.67. The van der Waals surface area contributed by atoms with Gasteiger partial charge >= 0.3 is 57.4 Å². The van der Waals surface area contributed by atoms with Crippen LogP contribution in [-0.2, 0) is 0 Å². The summed E-state index contributed by atoms with van der Waals surface area (Å²) >= 11 is 0. The number of hydrogen-bond acceptors (Lipinski definition) is 3. The summed E-state index contributed by atoms with van der Waals surface area (Å²) in [5.74, 6) is -1.03. The van der Waals surface area contributed by atoms with Gasteiger partial charge in [0.05, 0.1) is 5.52 Å². The van der Waals surface area contributed by atoms with Gasteiger partial charge in [0.25, 0.3) is 0 Å². The van der Waals surface area contributed by atoms with Crippen molar-refractivity contribution in [2.45, 2.75) is 6.92 Å². The van der Waals surface area contributed by atoms with E-state index in [4.69, 9.17) is 5.11 Å². The molecule has 0 saturated carbocycles. The van der Waals surface area contributed by atoms with Crippen LogP contribution in [0.1, 0.15) is 16.2 Å². The van der Waals surface area contributed by atoms with Gasteiger partial charge in [0, 0.05) is 17.3 Å². The summed E-state index contributed by atoms with van der Waals surface area (Å²) in [6.45, 7) is 1.86. The summed E-state index contributed by atoms with van der Waals surface area (Å²) in [5.41, 5.74) is 1.58. The molecule has 0 saturated heterocycles. The summed E-state index contributed by atoms with van der Waals surface area (Å²) in [4.78, 5) is 18.8. The second kappa shape index (κ2) is 5.13. The topological polar surface area (TPSA) is 63.1 Å². The molecule has 0 aliphatic carbocycles. The molecule has 0 radical (unpaired) electrons. The van der Waals surface area contributed by atoms with Gasteiger partial charge in [0.1, 0.15) is 0 Å². The van der Waals surface area contributed by atoms with Crippen LogP contribution in [0.4, 0.5) is 0 Å². The van der Waals surface area contributed by atoms with Gasteiger partial charge in [-0.25, -0.2) is 9.78 Å². The zero-order chi connectivity index (χ0) is 10.1. The Bertz CT molecular complexity index is 514. The fourth-order valence-corrected chi connectivity index (χ4v) is 1.33. The van der Waals surface area contributed by atoms with E-state index in [9.17, 15) is 4.79 Å². The number of carboxylic acid groups (broad SMARTS) is 1. The van der Waals surface area contributed by atoms with Crippen molar-refractivity contribution in [2.75, 3.05) is 0 Å². The SMILES string of the molecule is Cc1ccc2c(C(=O)O)nccc2n1.[KH]. The predicted molar refractivity (Wildman–Crippen MR) is 58.4 cm³/mol. The van der Waals surface area contributed by atoms with Crippen LogP contribution in [-0.4, -0.2) is 72.4 Å². The minimum atomic E-state index is -1.03. The molecule has 0 aliphatic heterocycles. The zero-order valence-corrected chi connectivity index (χ0v) is 7.56. The molecule has 0 fully saturated rings. The van der Waals surface area contributed by atoms with Crippen molar-refractivity contribution in [3.8, 4) is 0 Å². The minimum absolute atomic E-state index is 0. The summed E-state index contributed by atoms with van der Waals surface area (Å²) in [6.07, 6.45) is 1.46. The zero-order valence-electron chi connectivity index (χ0n) is 7.56. The Morgan fingerprint density at radius 1 is 1.33 bits per heavy atom. The van der Waals surface area contributed by atoms with E-state index in [2.05, 4.69) is 9.97 Å². The number of carbonyl (C=O) groups is 1. The molecule has 2 rings (SSSR count). The predicted octanol–water partition coefficient (Wildman–Crippen LogP) is 0.988. The Morgan fingerprint density at radius 3 is 2.73 bits per heavy atom. The third-order valence-electron chi connectivity index (χ3n) is 1.96. The van der Waals surface area contributed by atoms with Crippen LogP contribution in [0.2, 0.25) is 0 Å². The third-order valence-corrected chi connectivity index (χ3v) is 1.96. The Kier molecular flexibility index (Phi) is 4.36. The number of rotatable bonds is 1. The molecule has 72 valence electrons. The first kappa shape index (κ1) is 12.7. The number of carboxylic acids is 1. The molecule has 0 aromatic carbocycles. The molecule has 0 atom stereocenters. The van der Waals surface area contributed by atoms with Gasteiger partial charge in [0.2, 0.25) is 0 Å². The molecular formula is C10H9KN2O2. The van der Waals surface area contributed by atoms with E-state index in [0.29, 0.717) is 10.9 Å². The molecule has 0 unspecified atom stereocenters. The van der Waals surface area contributed by atoms with Crippen molar-refractivity contribution in [2.24, 2.45) is 0 Å². The Labute approximate surface area is 129 Å². The van der Waals surface area contributed by atoms with Gasteiger partial charge in [0.15, 0.2) is 5.69 Å². The summed E-state index contributed by atoms with van der Waals surface area (Å²) in [5, 5.41) is 9.44. The summed E-state index contributed by atoms with van der Waals surface area (Å²) in [7, 11) is 0. The molecule has 2 aromatic rings. The van der Waals surface area contributed by atoms with E-state index in [1.807, 2.05) is 6.92 Å². The number of aryl methyl sites for hydroxylation is 1. The molecule has 0 spiro atoms. The number of pyridine rings is 2. The van der Waals surface area contributed by atoms with E-state index >= 15 is 0 Å². The van der Waals surface area contributed by atoms with Crippen molar-refractivity contribution in [3.05, 3.63) is 35.8 Å². The first-order valence-electron chi connectivity index (χ1n) is 4.14. The molecule has 15 heavy (non-hydrogen) atoms. The number of nitrogens with zero attached hydrogens (tertiary/aromatic N) is 2. The average molecular weight is 228 g/mol. The average Bonchev–Trinajstić information content (AvgIpc) is 2.16. The molecule has 2 heterocycles. The van der Waals surface area contributed by atoms with Gasteiger partial charge in [-0.3, -0.25) is 4.98 Å². The molecule has 5 heteroatoms. The van der Waals surface area contributed by atoms with E-state index in [1.54, 1.807) is 18.2 Å². The molecule has 0 aliphatic rings. The fourth-order valence-electron chi connectivity index (χ4n) is 1.33. The van der Waals surface area contributed by atoms with Gasteiger partial charge in [-0.2, -0.15) is 0 Å². The molecular weight excluding hydrogens is 219 g/mol. The Hall–Kier alpha value is -0.334. The monoisotopic (exact) mass is 228 g/mol. The molecule has 2 aromatic heterocycles. The molecule has 0 bridgehead atoms. The molecule has 4 nitrogen and oxygen atoms in total. The van der Waals surface area contributed by atoms with E-state index < -0.39 is 5.97 Å². The van der Waals surface area contributed by atoms with Crippen molar-refractivity contribution in [1.29, 1.82) is 0 Å². The van der Waals surface area contributed by atoms with Gasteiger partial charge < -0.3 is 5.11 Å². The standard InChI is InChI=1S/C10H8N2O2.K.H/c1-6-2-3-7-8(12-6)4-5-11-9(7)10(13)14;;/h2-5H,1H3,(H,13,14);;. The Morgan fingerprint density at radius 2 is 2.07 bits per heavy atom. The van der Waals surface area contributed by atoms with E-state index in [1.165, 1.54) is 6.20 Å². The first-order valence-corrected chi connectivity index (χ1v) is 4.14. The van der Waals surface area contributed by atoms with Crippen LogP contribution in [0.5, 0.6) is 0 Å².